The number of ketones is 1. The zero-order valence-corrected chi connectivity index (χ0v) is 15.8. The lowest BCUT2D eigenvalue weighted by molar-refractivity contribution is 0.0202. The van der Waals surface area contributed by atoms with E-state index in [4.69, 9.17) is 4.74 Å². The van der Waals surface area contributed by atoms with Crippen LogP contribution in [-0.2, 0) is 0 Å². The summed E-state index contributed by atoms with van der Waals surface area (Å²) in [6.07, 6.45) is 2.46. The van der Waals surface area contributed by atoms with E-state index in [0.717, 1.165) is 0 Å². The molecule has 1 amide bonds. The third-order valence-corrected chi connectivity index (χ3v) is 5.36. The fourth-order valence-corrected chi connectivity index (χ4v) is 3.52. The lowest BCUT2D eigenvalue weighted by Crippen LogP contribution is -2.49. The van der Waals surface area contributed by atoms with Gasteiger partial charge in [0.15, 0.2) is 12.0 Å². The number of ether oxygens (including phenoxy) is 1. The van der Waals surface area contributed by atoms with Gasteiger partial charge in [-0.3, -0.25) is 14.6 Å². The second-order valence-corrected chi connectivity index (χ2v) is 7.54. The number of nitrogens with zero attached hydrogens (tertiary/aromatic N) is 2. The van der Waals surface area contributed by atoms with E-state index in [9.17, 15) is 14.0 Å². The molecule has 2 heterocycles. The molecule has 6 heteroatoms. The van der Waals surface area contributed by atoms with Crippen LogP contribution in [0.5, 0.6) is 5.75 Å². The molecule has 2 aliphatic rings. The molecule has 5 nitrogen and oxygen atoms in total. The summed E-state index contributed by atoms with van der Waals surface area (Å²) < 4.78 is 20.5. The average molecular weight is 382 g/mol. The number of carbonyl (C=O) groups is 2. The molecule has 1 unspecified atom stereocenters. The van der Waals surface area contributed by atoms with Crippen molar-refractivity contribution in [3.63, 3.8) is 0 Å². The van der Waals surface area contributed by atoms with Crippen molar-refractivity contribution in [2.24, 2.45) is 0 Å². The molecule has 1 saturated heterocycles. The maximum absolute atomic E-state index is 14.7. The SMILES string of the molecule is CC(=O)c1ccc(C(=O)N2CC[C@H](Oc3ccc(C4CC4)cc3)C(F)C2)cn1. The first-order valence-corrected chi connectivity index (χ1v) is 9.68. The molecule has 0 spiro atoms. The molecule has 2 aromatic rings. The normalized spacial score (nSPS) is 22.0. The number of hydrogen-bond donors (Lipinski definition) is 0. The smallest absolute Gasteiger partial charge is 0.255 e. The van der Waals surface area contributed by atoms with Crippen LogP contribution in [0.1, 0.15) is 58.5 Å². The summed E-state index contributed by atoms with van der Waals surface area (Å²) in [5, 5.41) is 0. The Bertz CT molecular complexity index is 862. The summed E-state index contributed by atoms with van der Waals surface area (Å²) in [6.45, 7) is 1.82. The minimum Gasteiger partial charge on any atom is -0.487 e. The predicted octanol–water partition coefficient (Wildman–Crippen LogP) is 3.79. The Labute approximate surface area is 163 Å². The molecule has 1 aromatic heterocycles. The highest BCUT2D eigenvalue weighted by molar-refractivity contribution is 5.96. The van der Waals surface area contributed by atoms with Gasteiger partial charge in [-0.2, -0.15) is 0 Å². The molecular weight excluding hydrogens is 359 g/mol. The molecular formula is C22H23FN2O3. The number of alkyl halides is 1. The summed E-state index contributed by atoms with van der Waals surface area (Å²) in [7, 11) is 0. The number of amides is 1. The van der Waals surface area contributed by atoms with E-state index in [1.807, 2.05) is 12.1 Å². The van der Waals surface area contributed by atoms with Gasteiger partial charge in [0, 0.05) is 26.1 Å². The number of hydrogen-bond acceptors (Lipinski definition) is 4. The predicted molar refractivity (Wildman–Crippen MR) is 102 cm³/mol. The zero-order valence-electron chi connectivity index (χ0n) is 15.8. The van der Waals surface area contributed by atoms with Crippen LogP contribution in [0.2, 0.25) is 0 Å². The van der Waals surface area contributed by atoms with Crippen molar-refractivity contribution < 1.29 is 18.7 Å². The summed E-state index contributed by atoms with van der Waals surface area (Å²) in [6, 6.07) is 11.0. The molecule has 0 bridgehead atoms. The van der Waals surface area contributed by atoms with Crippen molar-refractivity contribution in [2.45, 2.75) is 44.4 Å². The van der Waals surface area contributed by atoms with Gasteiger partial charge in [-0.15, -0.1) is 0 Å². The van der Waals surface area contributed by atoms with Crippen LogP contribution in [0.4, 0.5) is 4.39 Å². The van der Waals surface area contributed by atoms with Gasteiger partial charge >= 0.3 is 0 Å². The number of likely N-dealkylation sites (tertiary alicyclic amines) is 1. The summed E-state index contributed by atoms with van der Waals surface area (Å²) in [5.74, 6) is 0.903. The van der Waals surface area contributed by atoms with Gasteiger partial charge < -0.3 is 9.64 Å². The van der Waals surface area contributed by atoms with Gasteiger partial charge in [0.25, 0.3) is 5.91 Å². The number of halogens is 1. The van der Waals surface area contributed by atoms with Crippen LogP contribution in [0, 0.1) is 0 Å². The van der Waals surface area contributed by atoms with Crippen LogP contribution in [-0.4, -0.2) is 46.9 Å². The first kappa shape index (κ1) is 18.6. The van der Waals surface area contributed by atoms with E-state index in [-0.39, 0.29) is 18.2 Å². The van der Waals surface area contributed by atoms with E-state index in [0.29, 0.717) is 35.9 Å². The van der Waals surface area contributed by atoms with Crippen molar-refractivity contribution in [3.8, 4) is 5.75 Å². The second kappa shape index (κ2) is 7.70. The van der Waals surface area contributed by atoms with E-state index < -0.39 is 12.3 Å². The largest absolute Gasteiger partial charge is 0.487 e. The monoisotopic (exact) mass is 382 g/mol. The van der Waals surface area contributed by atoms with Crippen LogP contribution in [0.3, 0.4) is 0 Å². The molecule has 2 fully saturated rings. The Balaban J connectivity index is 1.35. The quantitative estimate of drug-likeness (QED) is 0.738. The van der Waals surface area contributed by atoms with Crippen molar-refractivity contribution >= 4 is 11.7 Å². The van der Waals surface area contributed by atoms with Crippen molar-refractivity contribution in [3.05, 3.63) is 59.4 Å². The van der Waals surface area contributed by atoms with Gasteiger partial charge in [0.2, 0.25) is 0 Å². The first-order chi connectivity index (χ1) is 13.5. The summed E-state index contributed by atoms with van der Waals surface area (Å²) in [4.78, 5) is 29.4. The van der Waals surface area contributed by atoms with Crippen LogP contribution in [0.15, 0.2) is 42.6 Å². The topological polar surface area (TPSA) is 59.5 Å². The third-order valence-electron chi connectivity index (χ3n) is 5.36. The highest BCUT2D eigenvalue weighted by Gasteiger charge is 2.33. The number of aromatic nitrogens is 1. The molecule has 4 rings (SSSR count). The Morgan fingerprint density at radius 2 is 1.86 bits per heavy atom. The number of pyridine rings is 1. The number of piperidine rings is 1. The van der Waals surface area contributed by atoms with Gasteiger partial charge in [-0.25, -0.2) is 4.39 Å². The molecule has 146 valence electrons. The fraction of sp³-hybridized carbons (Fsp3) is 0.409. The van der Waals surface area contributed by atoms with Crippen molar-refractivity contribution in [1.82, 2.24) is 9.88 Å². The minimum atomic E-state index is -1.26. The van der Waals surface area contributed by atoms with Crippen LogP contribution < -0.4 is 4.74 Å². The molecule has 1 aromatic carbocycles. The standard InChI is InChI=1S/C22H23FN2O3/c1-14(26)20-9-6-17(12-24-20)22(27)25-11-10-21(19(23)13-25)28-18-7-4-16(5-8-18)15-2-3-15/h4-9,12,15,19,21H,2-3,10-11,13H2,1H3/t19?,21-/m0/s1. The Kier molecular flexibility index (Phi) is 5.11. The Morgan fingerprint density at radius 3 is 2.43 bits per heavy atom. The lowest BCUT2D eigenvalue weighted by Gasteiger charge is -2.34. The number of benzene rings is 1. The number of Topliss-reactive ketones (excluding diaryl/α,β-unsaturated/α-hetero) is 1. The third kappa shape index (κ3) is 4.06. The molecule has 1 aliphatic carbocycles. The average Bonchev–Trinajstić information content (AvgIpc) is 3.55. The molecule has 1 saturated carbocycles. The highest BCUT2D eigenvalue weighted by atomic mass is 19.1. The summed E-state index contributed by atoms with van der Waals surface area (Å²) >= 11 is 0. The minimum absolute atomic E-state index is 0.0158. The van der Waals surface area contributed by atoms with E-state index in [2.05, 4.69) is 17.1 Å². The van der Waals surface area contributed by atoms with Crippen molar-refractivity contribution in [1.29, 1.82) is 0 Å². The van der Waals surface area contributed by atoms with Gasteiger partial charge in [-0.1, -0.05) is 12.1 Å². The fourth-order valence-electron chi connectivity index (χ4n) is 3.52. The Hall–Kier alpha value is -2.76. The Morgan fingerprint density at radius 1 is 1.11 bits per heavy atom. The molecule has 1 aliphatic heterocycles. The van der Waals surface area contributed by atoms with Crippen LogP contribution in [0.25, 0.3) is 0 Å². The lowest BCUT2D eigenvalue weighted by atomic mass is 10.0. The molecule has 0 N–H and O–H groups in total. The number of carbonyl (C=O) groups excluding carboxylic acids is 2. The van der Waals surface area contributed by atoms with E-state index >= 15 is 0 Å². The van der Waals surface area contributed by atoms with Crippen LogP contribution >= 0.6 is 0 Å². The van der Waals surface area contributed by atoms with Crippen molar-refractivity contribution in [2.75, 3.05) is 13.1 Å². The second-order valence-electron chi connectivity index (χ2n) is 7.54. The first-order valence-electron chi connectivity index (χ1n) is 9.68. The number of rotatable bonds is 5. The maximum atomic E-state index is 14.7. The molecule has 2 atom stereocenters. The van der Waals surface area contributed by atoms with Gasteiger partial charge in [0.1, 0.15) is 17.5 Å². The van der Waals surface area contributed by atoms with E-state index in [1.54, 1.807) is 6.07 Å². The maximum Gasteiger partial charge on any atom is 0.255 e. The molecule has 0 radical (unpaired) electrons. The van der Waals surface area contributed by atoms with Gasteiger partial charge in [-0.05, 0) is 48.6 Å². The van der Waals surface area contributed by atoms with E-state index in [1.165, 1.54) is 42.5 Å². The van der Waals surface area contributed by atoms with Gasteiger partial charge in [0.05, 0.1) is 12.1 Å². The molecule has 28 heavy (non-hydrogen) atoms. The summed E-state index contributed by atoms with van der Waals surface area (Å²) in [5.41, 5.74) is 1.97. The zero-order chi connectivity index (χ0) is 19.7. The highest BCUT2D eigenvalue weighted by Crippen LogP contribution is 2.40.